The molecule has 0 bridgehead atoms. The second-order valence-corrected chi connectivity index (χ2v) is 17.4. The van der Waals surface area contributed by atoms with Crippen molar-refractivity contribution < 1.29 is 36.7 Å². The number of aromatic amines is 1. The van der Waals surface area contributed by atoms with Gasteiger partial charge in [-0.3, -0.25) is 19.2 Å². The Morgan fingerprint density at radius 3 is 2.10 bits per heavy atom. The number of imidazole rings is 1. The predicted octanol–water partition coefficient (Wildman–Crippen LogP) is 5.06. The topological polar surface area (TPSA) is 156 Å². The lowest BCUT2D eigenvalue weighted by atomic mass is 9.83. The minimum Gasteiger partial charge on any atom is -0.352 e. The van der Waals surface area contributed by atoms with Crippen molar-refractivity contribution in [3.8, 4) is 11.5 Å². The van der Waals surface area contributed by atoms with Gasteiger partial charge < -0.3 is 40.6 Å². The minimum atomic E-state index is -1.35. The van der Waals surface area contributed by atoms with Gasteiger partial charge in [0.05, 0.1) is 47.9 Å². The fourth-order valence-corrected chi connectivity index (χ4v) is 9.58. The summed E-state index contributed by atoms with van der Waals surface area (Å²) in [6.07, 6.45) is 2.14. The smallest absolute Gasteiger partial charge is 0.245 e. The number of carbonyl (C=O) groups excluding carboxylic acids is 4. The number of alkyl halides is 2. The summed E-state index contributed by atoms with van der Waals surface area (Å²) >= 11 is 0. The molecule has 2 aromatic heterocycles. The molecule has 2 aromatic carbocycles. The van der Waals surface area contributed by atoms with E-state index in [-0.39, 0.29) is 74.5 Å². The molecule has 336 valence electrons. The highest BCUT2D eigenvalue weighted by Gasteiger charge is 2.43. The maximum absolute atomic E-state index is 15.7. The number of likely N-dealkylation sites (N-methyl/N-ethyl adjacent to an activating group) is 2. The average molecular weight is 866 g/mol. The van der Waals surface area contributed by atoms with Crippen molar-refractivity contribution in [2.45, 2.75) is 134 Å². The van der Waals surface area contributed by atoms with Crippen LogP contribution in [-0.4, -0.2) is 124 Å². The van der Waals surface area contributed by atoms with Crippen molar-refractivity contribution in [1.82, 2.24) is 45.6 Å². The maximum atomic E-state index is 15.7. The van der Waals surface area contributed by atoms with Crippen LogP contribution in [0.25, 0.3) is 33.5 Å². The molecule has 13 nitrogen and oxygen atoms in total. The van der Waals surface area contributed by atoms with E-state index < -0.39 is 66.1 Å². The fraction of sp³-hybridized carbons (Fsp3) is 0.578. The number of aromatic nitrogens is 3. The lowest BCUT2D eigenvalue weighted by Crippen LogP contribution is -2.56. The Balaban J connectivity index is 1.27. The van der Waals surface area contributed by atoms with E-state index in [2.05, 4.69) is 26.3 Å². The first-order valence-corrected chi connectivity index (χ1v) is 22.0. The molecule has 3 aliphatic rings. The molecule has 17 heteroatoms. The molecule has 8 atom stereocenters. The summed E-state index contributed by atoms with van der Waals surface area (Å²) in [5.74, 6) is -2.31. The van der Waals surface area contributed by atoms with Gasteiger partial charge in [0, 0.05) is 42.4 Å². The number of carbonyl (C=O) groups is 4. The van der Waals surface area contributed by atoms with Gasteiger partial charge in [0.2, 0.25) is 23.6 Å². The van der Waals surface area contributed by atoms with E-state index >= 15 is 8.78 Å². The van der Waals surface area contributed by atoms with Crippen LogP contribution >= 0.6 is 0 Å². The van der Waals surface area contributed by atoms with Crippen LogP contribution < -0.4 is 21.3 Å². The first kappa shape index (κ1) is 45.0. The maximum Gasteiger partial charge on any atom is 0.245 e. The third-order valence-corrected chi connectivity index (χ3v) is 13.3. The van der Waals surface area contributed by atoms with Gasteiger partial charge >= 0.3 is 0 Å². The molecule has 7 rings (SSSR count). The van der Waals surface area contributed by atoms with Crippen molar-refractivity contribution in [2.24, 2.45) is 5.92 Å². The predicted molar refractivity (Wildman–Crippen MR) is 228 cm³/mol. The van der Waals surface area contributed by atoms with Gasteiger partial charge in [-0.15, -0.1) is 0 Å². The number of hydrogen-bond donors (Lipinski definition) is 5. The van der Waals surface area contributed by atoms with Gasteiger partial charge in [0.25, 0.3) is 0 Å². The molecule has 4 amide bonds. The Morgan fingerprint density at radius 1 is 0.823 bits per heavy atom. The Morgan fingerprint density at radius 2 is 1.44 bits per heavy atom. The molecular formula is C45H59F4N9O4. The number of nitrogens with zero attached hydrogens (tertiary/aromatic N) is 4. The van der Waals surface area contributed by atoms with E-state index in [1.807, 2.05) is 0 Å². The zero-order valence-corrected chi connectivity index (χ0v) is 36.1. The highest BCUT2D eigenvalue weighted by atomic mass is 19.1. The summed E-state index contributed by atoms with van der Waals surface area (Å²) in [6.45, 7) is 4.85. The van der Waals surface area contributed by atoms with Crippen molar-refractivity contribution in [2.75, 3.05) is 27.2 Å². The second-order valence-electron chi connectivity index (χ2n) is 17.4. The van der Waals surface area contributed by atoms with E-state index in [0.29, 0.717) is 33.5 Å². The van der Waals surface area contributed by atoms with Crippen LogP contribution in [0.15, 0.2) is 36.4 Å². The first-order valence-electron chi connectivity index (χ1n) is 22.0. The van der Waals surface area contributed by atoms with Crippen LogP contribution in [0.4, 0.5) is 17.6 Å². The van der Waals surface area contributed by atoms with Crippen LogP contribution in [-0.2, 0) is 32.1 Å². The number of fused-ring (bicyclic) bond motifs is 2. The number of amides is 4. The molecule has 1 aliphatic carbocycles. The Labute approximate surface area is 359 Å². The normalized spacial score (nSPS) is 22.9. The number of halogens is 4. The van der Waals surface area contributed by atoms with Crippen molar-refractivity contribution >= 4 is 45.6 Å². The molecule has 2 saturated heterocycles. The van der Waals surface area contributed by atoms with Gasteiger partial charge in [-0.25, -0.2) is 22.5 Å². The Bertz CT molecular complexity index is 2280. The summed E-state index contributed by atoms with van der Waals surface area (Å²) in [6, 6.07) is 4.20. The minimum absolute atomic E-state index is 0.00303. The van der Waals surface area contributed by atoms with E-state index in [9.17, 15) is 28.0 Å². The summed E-state index contributed by atoms with van der Waals surface area (Å²) in [5.41, 5.74) is 2.24. The fourth-order valence-electron chi connectivity index (χ4n) is 9.58. The van der Waals surface area contributed by atoms with Gasteiger partial charge in [0.15, 0.2) is 5.82 Å². The number of rotatable bonds is 15. The zero-order valence-electron chi connectivity index (χ0n) is 36.1. The number of H-pyrrole nitrogens is 1. The van der Waals surface area contributed by atoms with Crippen LogP contribution in [0.5, 0.6) is 0 Å². The quantitative estimate of drug-likeness (QED) is 0.105. The molecule has 62 heavy (non-hydrogen) atoms. The van der Waals surface area contributed by atoms with Gasteiger partial charge in [0.1, 0.15) is 36.1 Å². The van der Waals surface area contributed by atoms with Gasteiger partial charge in [-0.1, -0.05) is 26.2 Å². The summed E-state index contributed by atoms with van der Waals surface area (Å²) in [7, 11) is 3.30. The highest BCUT2D eigenvalue weighted by molar-refractivity contribution is 5.93. The number of hydrogen-bond acceptors (Lipinski definition) is 7. The van der Waals surface area contributed by atoms with Crippen LogP contribution in [0.1, 0.15) is 77.7 Å². The molecule has 1 saturated carbocycles. The lowest BCUT2D eigenvalue weighted by molar-refractivity contribution is -0.139. The average Bonchev–Trinajstić information content (AvgIpc) is 4.03. The highest BCUT2D eigenvalue weighted by Crippen LogP contribution is 2.38. The van der Waals surface area contributed by atoms with Crippen molar-refractivity contribution in [3.63, 3.8) is 0 Å². The monoisotopic (exact) mass is 865 g/mol. The largest absolute Gasteiger partial charge is 0.352 e. The molecule has 0 unspecified atom stereocenters. The molecule has 0 spiro atoms. The van der Waals surface area contributed by atoms with E-state index in [1.165, 1.54) is 29.2 Å². The van der Waals surface area contributed by atoms with E-state index in [4.69, 9.17) is 4.98 Å². The zero-order chi connectivity index (χ0) is 44.4. The van der Waals surface area contributed by atoms with Crippen molar-refractivity contribution in [1.29, 1.82) is 0 Å². The standard InChI is InChI=1S/C45H59F4N9O4/c1-6-35(54-42(59)24(2)50-4)44(61)57-22-30(49)17-32(57)23-58-38-15-13-28(47)19-37(38)53-41(58)40-34(33-14-12-27(46)18-36(33)52-40)20-31-16-29(48)21-56(31)45(62)39(26-10-8-7-9-11-26)55-43(60)25(3)51-5/h12-15,18-19,24-26,29-32,35,39,50-52H,6-11,16-17,20-23H2,1-5H3,(H,54,59)(H,55,60)/t24-,25-,29-,30-,31-,32-,35-,39-/m0/s1. The van der Waals surface area contributed by atoms with Crippen molar-refractivity contribution in [3.05, 3.63) is 53.6 Å². The molecule has 2 aliphatic heterocycles. The molecule has 0 radical (unpaired) electrons. The summed E-state index contributed by atoms with van der Waals surface area (Å²) in [4.78, 5) is 66.0. The number of likely N-dealkylation sites (tertiary alicyclic amines) is 2. The number of benzene rings is 2. The summed E-state index contributed by atoms with van der Waals surface area (Å²) < 4.78 is 62.6. The van der Waals surface area contributed by atoms with Crippen LogP contribution in [0.3, 0.4) is 0 Å². The van der Waals surface area contributed by atoms with Crippen LogP contribution in [0, 0.1) is 17.6 Å². The third-order valence-electron chi connectivity index (χ3n) is 13.3. The Hall–Kier alpha value is -5.03. The second kappa shape index (κ2) is 19.2. The summed E-state index contributed by atoms with van der Waals surface area (Å²) in [5, 5.41) is 12.2. The third kappa shape index (κ3) is 9.33. The molecule has 3 fully saturated rings. The SMILES string of the molecule is CC[C@H](NC(=O)[C@H](C)NC)C(=O)N1C[C@@H](F)C[C@H]1Cn1c(-c2[nH]c3cc(F)ccc3c2C[C@@H]2C[C@H](F)CN2C(=O)[C@@H](NC(=O)[C@H](C)NC)C2CCCCC2)nc2cc(F)ccc21. The number of nitrogens with one attached hydrogen (secondary N) is 5. The molecule has 4 heterocycles. The Kier molecular flexibility index (Phi) is 13.9. The molecular weight excluding hydrogens is 807 g/mol. The molecule has 5 N–H and O–H groups in total. The lowest BCUT2D eigenvalue weighted by Gasteiger charge is -2.35. The first-order chi connectivity index (χ1) is 29.7. The van der Waals surface area contributed by atoms with Crippen LogP contribution in [0.2, 0.25) is 0 Å². The van der Waals surface area contributed by atoms with Gasteiger partial charge in [-0.05, 0) is 95.4 Å². The van der Waals surface area contributed by atoms with Gasteiger partial charge in [-0.2, -0.15) is 0 Å². The van der Waals surface area contributed by atoms with E-state index in [1.54, 1.807) is 56.5 Å². The molecule has 4 aromatic rings. The van der Waals surface area contributed by atoms with E-state index in [0.717, 1.165) is 32.1 Å².